The summed E-state index contributed by atoms with van der Waals surface area (Å²) in [6.45, 7) is 4.04. The van der Waals surface area contributed by atoms with Crippen LogP contribution in [0.5, 0.6) is 17.2 Å². The third kappa shape index (κ3) is 5.44. The zero-order chi connectivity index (χ0) is 15.8. The minimum Gasteiger partial charge on any atom is -0.493 e. The average molecular weight is 296 g/mol. The highest BCUT2D eigenvalue weighted by Crippen LogP contribution is 2.38. The van der Waals surface area contributed by atoms with Crippen molar-refractivity contribution in [3.63, 3.8) is 0 Å². The molecule has 5 nitrogen and oxygen atoms in total. The highest BCUT2D eigenvalue weighted by Gasteiger charge is 2.13. The summed E-state index contributed by atoms with van der Waals surface area (Å²) in [4.78, 5) is 2.19. The summed E-state index contributed by atoms with van der Waals surface area (Å²) in [5.41, 5.74) is 1.11. The van der Waals surface area contributed by atoms with E-state index in [4.69, 9.17) is 14.2 Å². The Bertz CT molecular complexity index is 411. The molecule has 0 aliphatic heterocycles. The second-order valence-corrected chi connectivity index (χ2v) is 5.41. The molecular formula is C16H28N2O3. The van der Waals surface area contributed by atoms with Crippen LogP contribution in [0.1, 0.15) is 18.9 Å². The fourth-order valence-electron chi connectivity index (χ4n) is 2.08. The highest BCUT2D eigenvalue weighted by molar-refractivity contribution is 5.53. The molecule has 1 atom stereocenters. The standard InChI is InChI=1S/C16H28N2O3/c1-12(7-8-18(2)3)17-11-13-9-14(19-4)16(21-6)15(10-13)20-5/h9-10,12,17H,7-8,11H2,1-6H3. The number of methoxy groups -OCH3 is 3. The number of hydrogen-bond donors (Lipinski definition) is 1. The maximum absolute atomic E-state index is 5.37. The van der Waals surface area contributed by atoms with Gasteiger partial charge in [-0.15, -0.1) is 0 Å². The normalized spacial score (nSPS) is 12.3. The largest absolute Gasteiger partial charge is 0.493 e. The van der Waals surface area contributed by atoms with Crippen molar-refractivity contribution in [2.45, 2.75) is 25.9 Å². The van der Waals surface area contributed by atoms with Gasteiger partial charge in [-0.25, -0.2) is 0 Å². The number of nitrogens with zero attached hydrogens (tertiary/aromatic N) is 1. The first-order valence-corrected chi connectivity index (χ1v) is 7.18. The van der Waals surface area contributed by atoms with E-state index in [9.17, 15) is 0 Å². The predicted molar refractivity (Wildman–Crippen MR) is 85.6 cm³/mol. The SMILES string of the molecule is COc1cc(CNC(C)CCN(C)C)cc(OC)c1OC. The summed E-state index contributed by atoms with van der Waals surface area (Å²) in [5, 5.41) is 3.52. The molecule has 0 radical (unpaired) electrons. The fraction of sp³-hybridized carbons (Fsp3) is 0.625. The first-order chi connectivity index (χ1) is 10.0. The molecule has 0 saturated carbocycles. The van der Waals surface area contributed by atoms with Gasteiger partial charge in [0.2, 0.25) is 5.75 Å². The molecule has 0 bridgehead atoms. The predicted octanol–water partition coefficient (Wildman–Crippen LogP) is 2.14. The zero-order valence-corrected chi connectivity index (χ0v) is 14.0. The molecule has 1 unspecified atom stereocenters. The van der Waals surface area contributed by atoms with Crippen LogP contribution in [0.3, 0.4) is 0 Å². The van der Waals surface area contributed by atoms with Crippen LogP contribution in [-0.4, -0.2) is 52.9 Å². The van der Waals surface area contributed by atoms with E-state index in [2.05, 4.69) is 31.2 Å². The Morgan fingerprint density at radius 1 is 1.05 bits per heavy atom. The molecule has 0 aliphatic rings. The summed E-state index contributed by atoms with van der Waals surface area (Å²) in [6.07, 6.45) is 1.11. The molecule has 1 N–H and O–H groups in total. The summed E-state index contributed by atoms with van der Waals surface area (Å²) in [7, 11) is 9.06. The Morgan fingerprint density at radius 2 is 1.62 bits per heavy atom. The van der Waals surface area contributed by atoms with Crippen LogP contribution in [0.15, 0.2) is 12.1 Å². The highest BCUT2D eigenvalue weighted by atomic mass is 16.5. The van der Waals surface area contributed by atoms with Crippen LogP contribution in [0, 0.1) is 0 Å². The van der Waals surface area contributed by atoms with Crippen molar-refractivity contribution in [2.75, 3.05) is 42.0 Å². The molecule has 0 saturated heterocycles. The van der Waals surface area contributed by atoms with E-state index in [-0.39, 0.29) is 0 Å². The Morgan fingerprint density at radius 3 is 2.05 bits per heavy atom. The van der Waals surface area contributed by atoms with Crippen molar-refractivity contribution in [1.82, 2.24) is 10.2 Å². The molecule has 0 spiro atoms. The van der Waals surface area contributed by atoms with Crippen molar-refractivity contribution in [3.8, 4) is 17.2 Å². The van der Waals surface area contributed by atoms with Gasteiger partial charge < -0.3 is 24.4 Å². The van der Waals surface area contributed by atoms with Crippen LogP contribution in [-0.2, 0) is 6.54 Å². The first kappa shape index (κ1) is 17.6. The molecule has 1 aromatic carbocycles. The Labute approximate surface area is 128 Å². The molecule has 21 heavy (non-hydrogen) atoms. The number of benzene rings is 1. The van der Waals surface area contributed by atoms with E-state index in [1.165, 1.54) is 0 Å². The van der Waals surface area contributed by atoms with E-state index < -0.39 is 0 Å². The van der Waals surface area contributed by atoms with Crippen molar-refractivity contribution in [3.05, 3.63) is 17.7 Å². The van der Waals surface area contributed by atoms with Gasteiger partial charge in [0.05, 0.1) is 21.3 Å². The van der Waals surface area contributed by atoms with Crippen LogP contribution in [0.25, 0.3) is 0 Å². The molecule has 120 valence electrons. The lowest BCUT2D eigenvalue weighted by Gasteiger charge is -2.18. The van der Waals surface area contributed by atoms with Crippen LogP contribution in [0.2, 0.25) is 0 Å². The summed E-state index contributed by atoms with van der Waals surface area (Å²) >= 11 is 0. The van der Waals surface area contributed by atoms with Crippen molar-refractivity contribution in [1.29, 1.82) is 0 Å². The van der Waals surface area contributed by atoms with E-state index in [1.807, 2.05) is 12.1 Å². The van der Waals surface area contributed by atoms with Gasteiger partial charge in [0.15, 0.2) is 11.5 Å². The first-order valence-electron chi connectivity index (χ1n) is 7.18. The summed E-state index contributed by atoms with van der Waals surface area (Å²) in [5.74, 6) is 2.01. The van der Waals surface area contributed by atoms with Gasteiger partial charge in [-0.05, 0) is 51.7 Å². The smallest absolute Gasteiger partial charge is 0.203 e. The quantitative estimate of drug-likeness (QED) is 0.756. The topological polar surface area (TPSA) is 43.0 Å². The zero-order valence-electron chi connectivity index (χ0n) is 14.0. The van der Waals surface area contributed by atoms with E-state index in [0.29, 0.717) is 23.3 Å². The maximum Gasteiger partial charge on any atom is 0.203 e. The van der Waals surface area contributed by atoms with E-state index in [1.54, 1.807) is 21.3 Å². The van der Waals surface area contributed by atoms with Crippen LogP contribution in [0.4, 0.5) is 0 Å². The maximum atomic E-state index is 5.37. The van der Waals surface area contributed by atoms with Crippen molar-refractivity contribution < 1.29 is 14.2 Å². The summed E-state index contributed by atoms with van der Waals surface area (Å²) in [6, 6.07) is 4.41. The lowest BCUT2D eigenvalue weighted by molar-refractivity contribution is 0.323. The minimum absolute atomic E-state index is 0.450. The van der Waals surface area contributed by atoms with Gasteiger partial charge in [0.1, 0.15) is 0 Å². The molecule has 1 aromatic rings. The molecule has 5 heteroatoms. The second-order valence-electron chi connectivity index (χ2n) is 5.41. The van der Waals surface area contributed by atoms with Crippen molar-refractivity contribution >= 4 is 0 Å². The lowest BCUT2D eigenvalue weighted by Crippen LogP contribution is -2.29. The van der Waals surface area contributed by atoms with Gasteiger partial charge in [0.25, 0.3) is 0 Å². The van der Waals surface area contributed by atoms with Gasteiger partial charge in [-0.3, -0.25) is 0 Å². The molecule has 0 amide bonds. The van der Waals surface area contributed by atoms with Gasteiger partial charge in [0, 0.05) is 12.6 Å². The number of rotatable bonds is 9. The van der Waals surface area contributed by atoms with Crippen molar-refractivity contribution in [2.24, 2.45) is 0 Å². The van der Waals surface area contributed by atoms with E-state index >= 15 is 0 Å². The Kier molecular flexibility index (Phi) is 7.32. The number of ether oxygens (including phenoxy) is 3. The Balaban J connectivity index is 2.71. The average Bonchev–Trinajstić information content (AvgIpc) is 2.49. The molecule has 0 heterocycles. The molecule has 0 fully saturated rings. The second kappa shape index (κ2) is 8.74. The third-order valence-electron chi connectivity index (χ3n) is 3.39. The monoisotopic (exact) mass is 296 g/mol. The van der Waals surface area contributed by atoms with Crippen LogP contribution >= 0.6 is 0 Å². The lowest BCUT2D eigenvalue weighted by atomic mass is 10.1. The van der Waals surface area contributed by atoms with E-state index in [0.717, 1.165) is 25.1 Å². The number of hydrogen-bond acceptors (Lipinski definition) is 5. The molecule has 0 aliphatic carbocycles. The summed E-state index contributed by atoms with van der Waals surface area (Å²) < 4.78 is 16.1. The molecule has 0 aromatic heterocycles. The van der Waals surface area contributed by atoms with Gasteiger partial charge in [-0.2, -0.15) is 0 Å². The van der Waals surface area contributed by atoms with Gasteiger partial charge in [-0.1, -0.05) is 0 Å². The number of nitrogens with one attached hydrogen (secondary N) is 1. The molecular weight excluding hydrogens is 268 g/mol. The van der Waals surface area contributed by atoms with Crippen LogP contribution < -0.4 is 19.5 Å². The van der Waals surface area contributed by atoms with Gasteiger partial charge >= 0.3 is 0 Å². The molecule has 1 rings (SSSR count). The fourth-order valence-corrected chi connectivity index (χ4v) is 2.08. The Hall–Kier alpha value is -1.46. The third-order valence-corrected chi connectivity index (χ3v) is 3.39. The minimum atomic E-state index is 0.450.